The largest absolute Gasteiger partial charge is 0.465 e. The lowest BCUT2D eigenvalue weighted by molar-refractivity contribution is -0.344. The van der Waals surface area contributed by atoms with Crippen LogP contribution in [0.25, 0.3) is 0 Å². The molecule has 2 aliphatic heterocycles. The summed E-state index contributed by atoms with van der Waals surface area (Å²) in [6.07, 6.45) is -7.65. The first-order valence-corrected chi connectivity index (χ1v) is 20.2. The van der Waals surface area contributed by atoms with Gasteiger partial charge in [-0.3, -0.25) is 28.8 Å². The van der Waals surface area contributed by atoms with Gasteiger partial charge >= 0.3 is 41.8 Å². The lowest BCUT2D eigenvalue weighted by Crippen LogP contribution is -2.76. The van der Waals surface area contributed by atoms with Gasteiger partial charge in [-0.1, -0.05) is 6.92 Å². The molecule has 2 heterocycles. The Morgan fingerprint density at radius 3 is 1.97 bits per heavy atom. The average molecular weight is 837 g/mol. The number of cyclic esters (lactones) is 1. The van der Waals surface area contributed by atoms with Crippen LogP contribution in [0.3, 0.4) is 0 Å². The van der Waals surface area contributed by atoms with E-state index in [1.54, 1.807) is 6.92 Å². The third kappa shape index (κ3) is 7.97. The number of carbonyl (C=O) groups is 7. The van der Waals surface area contributed by atoms with Gasteiger partial charge in [0.15, 0.2) is 24.6 Å². The van der Waals surface area contributed by atoms with Crippen LogP contribution in [0.15, 0.2) is 11.6 Å². The van der Waals surface area contributed by atoms with Crippen molar-refractivity contribution in [2.75, 3.05) is 13.2 Å². The molecule has 1 saturated heterocycles. The Bertz CT molecular complexity index is 1760. The van der Waals surface area contributed by atoms with Crippen molar-refractivity contribution < 1.29 is 86.4 Å². The van der Waals surface area contributed by atoms with Crippen LogP contribution in [0.5, 0.6) is 0 Å². The van der Waals surface area contributed by atoms with Gasteiger partial charge in [0.05, 0.1) is 28.8 Å². The molecule has 4 aliphatic carbocycles. The number of fused-ring (bicyclic) bond motifs is 5. The molecule has 18 heteroatoms. The quantitative estimate of drug-likeness (QED) is 0.181. The van der Waals surface area contributed by atoms with E-state index < -0.39 is 131 Å². The minimum Gasteiger partial charge on any atom is -0.465 e. The van der Waals surface area contributed by atoms with Gasteiger partial charge in [0.2, 0.25) is 0 Å². The normalized spacial score (nSPS) is 42.4. The molecular formula is C41H56O18. The summed E-state index contributed by atoms with van der Waals surface area (Å²) in [6, 6.07) is 0. The standard InChI is InChI=1S/C41H56O18/c1-19-34(56-23(5)45)35(57-24(6)46)36(58-25(7)47)37(53-19)59-27-14-31(55-22(4)44)40(18-52-20(2)42)33-29(9-11-39(40,49)15-27)41(50)12-10-28(26-13-32(48)51-17-26)38(41,8)16-30(33)54-21(3)43/h13,19,27-31,33-37,49-50H,9-12,14-18H2,1-8H3/t19-,27-,28+,29?,30+,31+,33?,34-,35+,36+,37-,38+,39-,40+,41-/m0/s1. The fraction of sp³-hybridized carbons (Fsp3) is 0.780. The topological polar surface area (TPSA) is 243 Å². The molecule has 4 saturated carbocycles. The lowest BCUT2D eigenvalue weighted by atomic mass is 9.40. The van der Waals surface area contributed by atoms with Gasteiger partial charge in [-0.05, 0) is 56.4 Å². The van der Waals surface area contributed by atoms with Gasteiger partial charge in [-0.15, -0.1) is 0 Å². The molecule has 0 radical (unpaired) electrons. The van der Waals surface area contributed by atoms with Gasteiger partial charge in [0, 0.05) is 71.8 Å². The summed E-state index contributed by atoms with van der Waals surface area (Å²) >= 11 is 0. The second-order valence-corrected chi connectivity index (χ2v) is 17.4. The van der Waals surface area contributed by atoms with Crippen molar-refractivity contribution in [3.8, 4) is 0 Å². The number of aliphatic hydroxyl groups is 2. The van der Waals surface area contributed by atoms with Crippen molar-refractivity contribution >= 4 is 41.8 Å². The first kappa shape index (κ1) is 44.4. The summed E-state index contributed by atoms with van der Waals surface area (Å²) in [5.74, 6) is -6.78. The molecule has 0 spiro atoms. The van der Waals surface area contributed by atoms with Crippen LogP contribution in [0.2, 0.25) is 0 Å². The third-order valence-corrected chi connectivity index (χ3v) is 13.8. The summed E-state index contributed by atoms with van der Waals surface area (Å²) in [5.41, 5.74) is -5.24. The predicted molar refractivity (Wildman–Crippen MR) is 196 cm³/mol. The molecule has 6 rings (SSSR count). The molecule has 0 aromatic rings. The van der Waals surface area contributed by atoms with Crippen molar-refractivity contribution in [3.63, 3.8) is 0 Å². The zero-order valence-electron chi connectivity index (χ0n) is 34.7. The van der Waals surface area contributed by atoms with Crippen LogP contribution in [-0.2, 0) is 76.2 Å². The molecule has 328 valence electrons. The Morgan fingerprint density at radius 2 is 1.39 bits per heavy atom. The number of hydrogen-bond donors (Lipinski definition) is 2. The SMILES string of the molecule is CC(=O)OC[C@@]12C3C(CC[C@]1(O)C[C@@H](O[C@@H]1O[C@@H](C)[C@H](OC(C)=O)[C@@H](OC(C)=O)[C@H]1OC(C)=O)C[C@H]2OC(C)=O)[C@@]1(O)CC[C@H](C2=CC(=O)OC2)[C@@]1(C)C[C@H]3OC(C)=O. The fourth-order valence-corrected chi connectivity index (χ4v) is 11.8. The van der Waals surface area contributed by atoms with Crippen LogP contribution in [0.1, 0.15) is 100 Å². The van der Waals surface area contributed by atoms with Gasteiger partial charge in [-0.2, -0.15) is 0 Å². The Kier molecular flexibility index (Phi) is 12.3. The Labute approximate surface area is 341 Å². The lowest BCUT2D eigenvalue weighted by Gasteiger charge is -2.68. The number of carbonyl (C=O) groups excluding carboxylic acids is 7. The highest BCUT2D eigenvalue weighted by Crippen LogP contribution is 2.71. The summed E-state index contributed by atoms with van der Waals surface area (Å²) < 4.78 is 52.5. The molecule has 0 bridgehead atoms. The van der Waals surface area contributed by atoms with Crippen molar-refractivity contribution in [1.82, 2.24) is 0 Å². The number of rotatable bonds is 10. The highest BCUT2D eigenvalue weighted by atomic mass is 16.7. The molecule has 6 aliphatic rings. The Balaban J connectivity index is 1.43. The molecule has 2 N–H and O–H groups in total. The van der Waals surface area contributed by atoms with Gasteiger partial charge < -0.3 is 52.8 Å². The molecular weight excluding hydrogens is 780 g/mol. The van der Waals surface area contributed by atoms with Crippen molar-refractivity contribution in [2.45, 2.75) is 161 Å². The van der Waals surface area contributed by atoms with Crippen LogP contribution in [-0.4, -0.2) is 125 Å². The molecule has 0 aromatic heterocycles. The van der Waals surface area contributed by atoms with E-state index in [4.69, 9.17) is 42.6 Å². The van der Waals surface area contributed by atoms with Crippen molar-refractivity contribution in [2.24, 2.45) is 28.6 Å². The summed E-state index contributed by atoms with van der Waals surface area (Å²) in [6.45, 7) is 10.1. The summed E-state index contributed by atoms with van der Waals surface area (Å²) in [4.78, 5) is 87.8. The summed E-state index contributed by atoms with van der Waals surface area (Å²) in [7, 11) is 0. The van der Waals surface area contributed by atoms with Gasteiger partial charge in [-0.25, -0.2) is 4.79 Å². The Hall–Kier alpha value is -4.13. The molecule has 59 heavy (non-hydrogen) atoms. The minimum absolute atomic E-state index is 0.0207. The predicted octanol–water partition coefficient (Wildman–Crippen LogP) is 1.91. The van der Waals surface area contributed by atoms with Crippen molar-refractivity contribution in [3.05, 3.63) is 11.6 Å². The fourth-order valence-electron chi connectivity index (χ4n) is 11.8. The number of esters is 7. The number of hydrogen-bond acceptors (Lipinski definition) is 18. The zero-order chi connectivity index (χ0) is 43.4. The molecule has 18 nitrogen and oxygen atoms in total. The second kappa shape index (κ2) is 16.4. The van der Waals surface area contributed by atoms with Crippen LogP contribution in [0, 0.1) is 28.6 Å². The molecule has 0 amide bonds. The van der Waals surface area contributed by atoms with E-state index in [0.29, 0.717) is 12.8 Å². The van der Waals surface area contributed by atoms with Crippen LogP contribution >= 0.6 is 0 Å². The maximum Gasteiger partial charge on any atom is 0.331 e. The molecule has 2 unspecified atom stereocenters. The highest BCUT2D eigenvalue weighted by molar-refractivity contribution is 5.85. The minimum atomic E-state index is -1.89. The van der Waals surface area contributed by atoms with E-state index in [1.807, 2.05) is 6.92 Å². The maximum absolute atomic E-state index is 13.2. The molecule has 0 aromatic carbocycles. The highest BCUT2D eigenvalue weighted by Gasteiger charge is 2.77. The third-order valence-electron chi connectivity index (χ3n) is 13.8. The van der Waals surface area contributed by atoms with E-state index in [1.165, 1.54) is 26.8 Å². The molecule has 5 fully saturated rings. The average Bonchev–Trinajstić information content (AvgIpc) is 3.65. The van der Waals surface area contributed by atoms with Crippen LogP contribution < -0.4 is 0 Å². The van der Waals surface area contributed by atoms with E-state index in [-0.39, 0.29) is 44.6 Å². The monoisotopic (exact) mass is 836 g/mol. The first-order valence-electron chi connectivity index (χ1n) is 20.2. The van der Waals surface area contributed by atoms with E-state index in [0.717, 1.165) is 26.3 Å². The van der Waals surface area contributed by atoms with Gasteiger partial charge in [0.1, 0.15) is 25.4 Å². The first-order chi connectivity index (χ1) is 27.5. The van der Waals surface area contributed by atoms with Crippen LogP contribution in [0.4, 0.5) is 0 Å². The van der Waals surface area contributed by atoms with E-state index in [9.17, 15) is 43.8 Å². The number of ether oxygens (including phenoxy) is 9. The van der Waals surface area contributed by atoms with E-state index >= 15 is 0 Å². The zero-order valence-corrected chi connectivity index (χ0v) is 34.7. The molecule has 15 atom stereocenters. The Morgan fingerprint density at radius 1 is 0.780 bits per heavy atom. The smallest absolute Gasteiger partial charge is 0.331 e. The summed E-state index contributed by atoms with van der Waals surface area (Å²) in [5, 5.41) is 26.3. The maximum atomic E-state index is 13.2. The van der Waals surface area contributed by atoms with E-state index in [2.05, 4.69) is 0 Å². The van der Waals surface area contributed by atoms with Crippen molar-refractivity contribution in [1.29, 1.82) is 0 Å². The van der Waals surface area contributed by atoms with Gasteiger partial charge in [0.25, 0.3) is 0 Å². The second-order valence-electron chi connectivity index (χ2n) is 17.4.